The van der Waals surface area contributed by atoms with E-state index in [0.717, 1.165) is 4.90 Å². The zero-order chi connectivity index (χ0) is 24.8. The minimum absolute atomic E-state index is 0.101. The molecule has 0 aromatic heterocycles. The van der Waals surface area contributed by atoms with Gasteiger partial charge in [0, 0.05) is 5.56 Å². The Labute approximate surface area is 198 Å². The van der Waals surface area contributed by atoms with Gasteiger partial charge in [0.25, 0.3) is 5.91 Å². The highest BCUT2D eigenvalue weighted by Gasteiger charge is 2.52. The monoisotopic (exact) mass is 464 g/mol. The summed E-state index contributed by atoms with van der Waals surface area (Å²) in [5, 5.41) is 2.61. The number of carbonyl (C=O) groups is 5. The number of benzene rings is 2. The number of rotatable bonds is 9. The lowest BCUT2D eigenvalue weighted by Crippen LogP contribution is -2.47. The number of nitrogens with one attached hydrogen (secondary N) is 1. The molecule has 0 spiro atoms. The van der Waals surface area contributed by atoms with Gasteiger partial charge in [-0.15, -0.1) is 0 Å². The fourth-order valence-electron chi connectivity index (χ4n) is 4.18. The number of nitrogens with zero attached hydrogens (tertiary/aromatic N) is 1. The van der Waals surface area contributed by atoms with E-state index in [1.165, 1.54) is 7.11 Å². The molecule has 3 atom stereocenters. The van der Waals surface area contributed by atoms with Crippen molar-refractivity contribution in [3.8, 4) is 0 Å². The molecule has 34 heavy (non-hydrogen) atoms. The molecule has 3 rings (SSSR count). The number of hydrogen-bond donors (Lipinski definition) is 1. The summed E-state index contributed by atoms with van der Waals surface area (Å²) in [6.07, 6.45) is 0.350. The first-order valence-electron chi connectivity index (χ1n) is 11.1. The number of Topliss-reactive ketones (excluding diaryl/α,β-unsaturated/α-hetero) is 2. The molecule has 1 N–H and O–H groups in total. The van der Waals surface area contributed by atoms with Crippen molar-refractivity contribution >= 4 is 29.4 Å². The summed E-state index contributed by atoms with van der Waals surface area (Å²) >= 11 is 0. The normalized spacial score (nSPS) is 18.6. The molecule has 2 amide bonds. The predicted molar refractivity (Wildman–Crippen MR) is 124 cm³/mol. The molecule has 1 saturated heterocycles. The third kappa shape index (κ3) is 5.39. The number of likely N-dealkylation sites (tertiary alicyclic amines) is 1. The number of carbonyl (C=O) groups excluding carboxylic acids is 5. The molecule has 1 aliphatic rings. The first kappa shape index (κ1) is 24.8. The minimum atomic E-state index is -1.28. The van der Waals surface area contributed by atoms with E-state index < -0.39 is 53.9 Å². The molecule has 2 unspecified atom stereocenters. The molecular weight excluding hydrogens is 436 g/mol. The Hall–Kier alpha value is -3.81. The molecule has 2 aromatic rings. The van der Waals surface area contributed by atoms with Gasteiger partial charge < -0.3 is 15.0 Å². The summed E-state index contributed by atoms with van der Waals surface area (Å²) in [6, 6.07) is 15.1. The van der Waals surface area contributed by atoms with Crippen LogP contribution in [0.1, 0.15) is 42.2 Å². The third-order valence-corrected chi connectivity index (χ3v) is 5.73. The fourth-order valence-corrected chi connectivity index (χ4v) is 4.18. The Balaban J connectivity index is 1.91. The maximum atomic E-state index is 13.3. The maximum absolute atomic E-state index is 13.3. The van der Waals surface area contributed by atoms with Crippen LogP contribution in [-0.2, 0) is 23.9 Å². The van der Waals surface area contributed by atoms with Crippen LogP contribution in [-0.4, -0.2) is 53.9 Å². The minimum Gasteiger partial charge on any atom is -0.467 e. The Morgan fingerprint density at radius 1 is 0.971 bits per heavy atom. The number of methoxy groups -OCH3 is 1. The SMILES string of the molecule is COC(=O)[C@H](CC(C)C)NC(=O)CN1C(=O)C(=O)C(C(=O)c2ccccc2)C1c1ccccc1. The number of ether oxygens (including phenoxy) is 1. The molecule has 0 saturated carbocycles. The Morgan fingerprint density at radius 3 is 2.12 bits per heavy atom. The molecule has 1 fully saturated rings. The average molecular weight is 465 g/mol. The van der Waals surface area contributed by atoms with Gasteiger partial charge >= 0.3 is 5.97 Å². The van der Waals surface area contributed by atoms with Gasteiger partial charge in [-0.3, -0.25) is 19.2 Å². The van der Waals surface area contributed by atoms with Gasteiger partial charge in [0.1, 0.15) is 18.5 Å². The van der Waals surface area contributed by atoms with Crippen molar-refractivity contribution in [3.05, 3.63) is 71.8 Å². The van der Waals surface area contributed by atoms with Gasteiger partial charge in [0.05, 0.1) is 13.2 Å². The predicted octanol–water partition coefficient (Wildman–Crippen LogP) is 2.34. The van der Waals surface area contributed by atoms with Crippen molar-refractivity contribution in [2.24, 2.45) is 11.8 Å². The quantitative estimate of drug-likeness (QED) is 0.264. The van der Waals surface area contributed by atoms with Gasteiger partial charge in [-0.05, 0) is 17.9 Å². The van der Waals surface area contributed by atoms with E-state index in [9.17, 15) is 24.0 Å². The zero-order valence-corrected chi connectivity index (χ0v) is 19.4. The molecule has 2 aromatic carbocycles. The van der Waals surface area contributed by atoms with E-state index in [2.05, 4.69) is 5.32 Å². The second-order valence-electron chi connectivity index (χ2n) is 8.63. The van der Waals surface area contributed by atoms with E-state index >= 15 is 0 Å². The molecule has 1 aliphatic heterocycles. The first-order chi connectivity index (χ1) is 16.2. The van der Waals surface area contributed by atoms with Crippen LogP contribution in [0.2, 0.25) is 0 Å². The van der Waals surface area contributed by atoms with Gasteiger partial charge in [-0.1, -0.05) is 74.5 Å². The van der Waals surface area contributed by atoms with Crippen LogP contribution in [0.3, 0.4) is 0 Å². The Bertz CT molecular complexity index is 1070. The second kappa shape index (κ2) is 10.9. The van der Waals surface area contributed by atoms with Crippen LogP contribution in [0.5, 0.6) is 0 Å². The third-order valence-electron chi connectivity index (χ3n) is 5.73. The summed E-state index contributed by atoms with van der Waals surface area (Å²) < 4.78 is 4.78. The average Bonchev–Trinajstić information content (AvgIpc) is 3.08. The standard InChI is InChI=1S/C26H28N2O6/c1-16(2)14-19(26(33)34-3)27-20(29)15-28-22(17-10-6-4-7-11-17)21(24(31)25(28)32)23(30)18-12-8-5-9-13-18/h4-13,16,19,21-22H,14-15H2,1-3H3,(H,27,29)/t19-,21?,22?/m0/s1. The van der Waals surface area contributed by atoms with Crippen molar-refractivity contribution in [2.75, 3.05) is 13.7 Å². The van der Waals surface area contributed by atoms with Crippen LogP contribution >= 0.6 is 0 Å². The van der Waals surface area contributed by atoms with Gasteiger partial charge in [-0.25, -0.2) is 4.79 Å². The molecular formula is C26H28N2O6. The van der Waals surface area contributed by atoms with Crippen molar-refractivity contribution < 1.29 is 28.7 Å². The molecule has 8 nitrogen and oxygen atoms in total. The zero-order valence-electron chi connectivity index (χ0n) is 19.4. The highest BCUT2D eigenvalue weighted by molar-refractivity contribution is 6.44. The van der Waals surface area contributed by atoms with E-state index in [-0.39, 0.29) is 5.92 Å². The summed E-state index contributed by atoms with van der Waals surface area (Å²) in [6.45, 7) is 3.32. The number of hydrogen-bond acceptors (Lipinski definition) is 6. The topological polar surface area (TPSA) is 110 Å². The summed E-state index contributed by atoms with van der Waals surface area (Å²) in [7, 11) is 1.23. The lowest BCUT2D eigenvalue weighted by atomic mass is 9.86. The molecule has 178 valence electrons. The molecule has 1 heterocycles. The van der Waals surface area contributed by atoms with Crippen molar-refractivity contribution in [2.45, 2.75) is 32.4 Å². The molecule has 0 aliphatic carbocycles. The highest BCUT2D eigenvalue weighted by Crippen LogP contribution is 2.37. The first-order valence-corrected chi connectivity index (χ1v) is 11.1. The van der Waals surface area contributed by atoms with Gasteiger partial charge in [-0.2, -0.15) is 0 Å². The van der Waals surface area contributed by atoms with Crippen LogP contribution in [0.25, 0.3) is 0 Å². The van der Waals surface area contributed by atoms with E-state index in [0.29, 0.717) is 17.5 Å². The largest absolute Gasteiger partial charge is 0.467 e. The van der Waals surface area contributed by atoms with Crippen LogP contribution in [0, 0.1) is 11.8 Å². The maximum Gasteiger partial charge on any atom is 0.328 e. The molecule has 8 heteroatoms. The smallest absolute Gasteiger partial charge is 0.328 e. The van der Waals surface area contributed by atoms with E-state index in [1.807, 2.05) is 13.8 Å². The van der Waals surface area contributed by atoms with E-state index in [1.54, 1.807) is 60.7 Å². The fraction of sp³-hybridized carbons (Fsp3) is 0.346. The number of amides is 2. The lowest BCUT2D eigenvalue weighted by molar-refractivity contribution is -0.146. The van der Waals surface area contributed by atoms with Gasteiger partial charge in [0.15, 0.2) is 5.78 Å². The lowest BCUT2D eigenvalue weighted by Gasteiger charge is -2.27. The second-order valence-corrected chi connectivity index (χ2v) is 8.63. The number of esters is 1. The van der Waals surface area contributed by atoms with Crippen LogP contribution in [0.4, 0.5) is 0 Å². The summed E-state index contributed by atoms with van der Waals surface area (Å²) in [4.78, 5) is 65.4. The highest BCUT2D eigenvalue weighted by atomic mass is 16.5. The summed E-state index contributed by atoms with van der Waals surface area (Å²) in [5.41, 5.74) is 0.874. The van der Waals surface area contributed by atoms with Gasteiger partial charge in [0.2, 0.25) is 11.7 Å². The number of ketones is 2. The van der Waals surface area contributed by atoms with E-state index in [4.69, 9.17) is 4.74 Å². The van der Waals surface area contributed by atoms with Crippen LogP contribution < -0.4 is 5.32 Å². The summed E-state index contributed by atoms with van der Waals surface area (Å²) in [5.74, 6) is -4.64. The molecule has 0 bridgehead atoms. The van der Waals surface area contributed by atoms with Crippen molar-refractivity contribution in [1.29, 1.82) is 0 Å². The Morgan fingerprint density at radius 2 is 1.56 bits per heavy atom. The van der Waals surface area contributed by atoms with Crippen molar-refractivity contribution in [3.63, 3.8) is 0 Å². The Kier molecular flexibility index (Phi) is 7.94. The van der Waals surface area contributed by atoms with Crippen molar-refractivity contribution in [1.82, 2.24) is 10.2 Å². The van der Waals surface area contributed by atoms with Crippen LogP contribution in [0.15, 0.2) is 60.7 Å². The molecule has 0 radical (unpaired) electrons.